The number of rotatable bonds is 7. The Morgan fingerprint density at radius 2 is 2.00 bits per heavy atom. The Bertz CT molecular complexity index is 444. The van der Waals surface area contributed by atoms with Crippen LogP contribution in [-0.4, -0.2) is 27.8 Å². The maximum absolute atomic E-state index is 11.1. The minimum Gasteiger partial charge on any atom is -0.385 e. The van der Waals surface area contributed by atoms with E-state index in [0.717, 1.165) is 18.7 Å². The molecule has 1 aromatic rings. The molecule has 96 valence electrons. The molecular weight excluding hydrogens is 236 g/mol. The predicted molar refractivity (Wildman–Crippen MR) is 71.7 cm³/mol. The van der Waals surface area contributed by atoms with E-state index in [1.165, 1.54) is 12.6 Å². The summed E-state index contributed by atoms with van der Waals surface area (Å²) in [6.45, 7) is 2.84. The van der Waals surface area contributed by atoms with Crippen LogP contribution in [0.2, 0.25) is 0 Å². The summed E-state index contributed by atoms with van der Waals surface area (Å²) in [7, 11) is -1.60. The summed E-state index contributed by atoms with van der Waals surface area (Å²) in [6, 6.07) is 8.13. The molecular formula is C12H20N2O2S. The molecule has 0 fully saturated rings. The molecule has 0 unspecified atom stereocenters. The van der Waals surface area contributed by atoms with Crippen molar-refractivity contribution in [2.24, 2.45) is 0 Å². The van der Waals surface area contributed by atoms with Crippen LogP contribution in [0.5, 0.6) is 0 Å². The lowest BCUT2D eigenvalue weighted by atomic mass is 10.2. The molecule has 4 nitrogen and oxygen atoms in total. The lowest BCUT2D eigenvalue weighted by Gasteiger charge is -2.07. The Labute approximate surface area is 103 Å². The normalized spacial score (nSPS) is 11.4. The SMILES string of the molecule is CNS(=O)(=O)CCCCNc1cccc(C)c1. The summed E-state index contributed by atoms with van der Waals surface area (Å²) in [5, 5.41) is 3.27. The molecule has 0 amide bonds. The van der Waals surface area contributed by atoms with Crippen molar-refractivity contribution in [1.82, 2.24) is 4.72 Å². The van der Waals surface area contributed by atoms with Gasteiger partial charge in [-0.3, -0.25) is 0 Å². The van der Waals surface area contributed by atoms with E-state index in [9.17, 15) is 8.42 Å². The van der Waals surface area contributed by atoms with Crippen LogP contribution >= 0.6 is 0 Å². The molecule has 0 saturated heterocycles. The first kappa shape index (κ1) is 14.0. The van der Waals surface area contributed by atoms with E-state index in [2.05, 4.69) is 16.1 Å². The van der Waals surface area contributed by atoms with Crippen molar-refractivity contribution in [3.8, 4) is 0 Å². The van der Waals surface area contributed by atoms with Gasteiger partial charge in [-0.2, -0.15) is 0 Å². The smallest absolute Gasteiger partial charge is 0.211 e. The molecule has 0 atom stereocenters. The molecule has 0 heterocycles. The number of anilines is 1. The summed E-state index contributed by atoms with van der Waals surface area (Å²) in [5.74, 6) is 0.193. The van der Waals surface area contributed by atoms with Gasteiger partial charge in [0, 0.05) is 12.2 Å². The third kappa shape index (κ3) is 5.70. The summed E-state index contributed by atoms with van der Waals surface area (Å²) in [5.41, 5.74) is 2.30. The number of unbranched alkanes of at least 4 members (excludes halogenated alkanes) is 1. The van der Waals surface area contributed by atoms with Crippen LogP contribution in [-0.2, 0) is 10.0 Å². The average molecular weight is 256 g/mol. The van der Waals surface area contributed by atoms with Gasteiger partial charge in [-0.05, 0) is 44.5 Å². The van der Waals surface area contributed by atoms with E-state index in [4.69, 9.17) is 0 Å². The van der Waals surface area contributed by atoms with Gasteiger partial charge < -0.3 is 5.32 Å². The summed E-state index contributed by atoms with van der Waals surface area (Å²) in [4.78, 5) is 0. The minimum absolute atomic E-state index is 0.193. The fourth-order valence-corrected chi connectivity index (χ4v) is 2.30. The molecule has 2 N–H and O–H groups in total. The highest BCUT2D eigenvalue weighted by molar-refractivity contribution is 7.89. The number of hydrogen-bond donors (Lipinski definition) is 2. The number of sulfonamides is 1. The first-order valence-electron chi connectivity index (χ1n) is 5.75. The fraction of sp³-hybridized carbons (Fsp3) is 0.500. The van der Waals surface area contributed by atoms with Gasteiger partial charge in [0.25, 0.3) is 0 Å². The molecule has 0 bridgehead atoms. The van der Waals surface area contributed by atoms with Crippen molar-refractivity contribution >= 4 is 15.7 Å². The molecule has 1 rings (SSSR count). The largest absolute Gasteiger partial charge is 0.385 e. The molecule has 1 aromatic carbocycles. The Kier molecular flexibility index (Phi) is 5.44. The maximum atomic E-state index is 11.1. The number of aryl methyl sites for hydroxylation is 1. The number of hydrogen-bond acceptors (Lipinski definition) is 3. The van der Waals surface area contributed by atoms with Crippen LogP contribution in [0, 0.1) is 6.92 Å². The number of benzene rings is 1. The van der Waals surface area contributed by atoms with Crippen LogP contribution in [0.1, 0.15) is 18.4 Å². The second kappa shape index (κ2) is 6.61. The summed E-state index contributed by atoms with van der Waals surface area (Å²) >= 11 is 0. The Morgan fingerprint density at radius 1 is 1.24 bits per heavy atom. The first-order valence-corrected chi connectivity index (χ1v) is 7.40. The van der Waals surface area contributed by atoms with Crippen molar-refractivity contribution in [3.63, 3.8) is 0 Å². The average Bonchev–Trinajstić information content (AvgIpc) is 2.29. The second-order valence-corrected chi connectivity index (χ2v) is 6.07. The fourth-order valence-electron chi connectivity index (χ4n) is 1.51. The van der Waals surface area contributed by atoms with Crippen molar-refractivity contribution in [1.29, 1.82) is 0 Å². The van der Waals surface area contributed by atoms with Crippen LogP contribution in [0.4, 0.5) is 5.69 Å². The van der Waals surface area contributed by atoms with Gasteiger partial charge in [-0.25, -0.2) is 13.1 Å². The van der Waals surface area contributed by atoms with Gasteiger partial charge in [-0.15, -0.1) is 0 Å². The van der Waals surface area contributed by atoms with Crippen LogP contribution in [0.3, 0.4) is 0 Å². The molecule has 0 spiro atoms. The number of nitrogens with one attached hydrogen (secondary N) is 2. The lowest BCUT2D eigenvalue weighted by molar-refractivity contribution is 0.584. The highest BCUT2D eigenvalue weighted by atomic mass is 32.2. The standard InChI is InChI=1S/C12H20N2O2S/c1-11-6-5-7-12(10-11)14-8-3-4-9-17(15,16)13-2/h5-7,10,13-14H,3-4,8-9H2,1-2H3. The molecule has 0 aliphatic carbocycles. The monoisotopic (exact) mass is 256 g/mol. The van der Waals surface area contributed by atoms with Crippen molar-refractivity contribution < 1.29 is 8.42 Å². The van der Waals surface area contributed by atoms with Gasteiger partial charge in [-0.1, -0.05) is 12.1 Å². The predicted octanol–water partition coefficient (Wildman–Crippen LogP) is 1.74. The Morgan fingerprint density at radius 3 is 2.65 bits per heavy atom. The minimum atomic E-state index is -3.05. The van der Waals surface area contributed by atoms with E-state index in [0.29, 0.717) is 6.42 Å². The van der Waals surface area contributed by atoms with Crippen LogP contribution < -0.4 is 10.0 Å². The van der Waals surface area contributed by atoms with E-state index in [1.807, 2.05) is 25.1 Å². The Hall–Kier alpha value is -1.07. The van der Waals surface area contributed by atoms with E-state index in [-0.39, 0.29) is 5.75 Å². The molecule has 17 heavy (non-hydrogen) atoms. The first-order chi connectivity index (χ1) is 8.03. The van der Waals surface area contributed by atoms with E-state index in [1.54, 1.807) is 0 Å². The van der Waals surface area contributed by atoms with Gasteiger partial charge in [0.1, 0.15) is 0 Å². The molecule has 0 aliphatic rings. The summed E-state index contributed by atoms with van der Waals surface area (Å²) in [6.07, 6.45) is 1.51. The van der Waals surface area contributed by atoms with Gasteiger partial charge in [0.15, 0.2) is 0 Å². The molecule has 0 aromatic heterocycles. The van der Waals surface area contributed by atoms with Crippen LogP contribution in [0.25, 0.3) is 0 Å². The molecule has 0 radical (unpaired) electrons. The van der Waals surface area contributed by atoms with Crippen molar-refractivity contribution in [2.75, 3.05) is 24.7 Å². The van der Waals surface area contributed by atoms with Gasteiger partial charge in [0.2, 0.25) is 10.0 Å². The van der Waals surface area contributed by atoms with E-state index < -0.39 is 10.0 Å². The topological polar surface area (TPSA) is 58.2 Å². The van der Waals surface area contributed by atoms with Crippen molar-refractivity contribution in [3.05, 3.63) is 29.8 Å². The lowest BCUT2D eigenvalue weighted by Crippen LogP contribution is -2.22. The zero-order valence-electron chi connectivity index (χ0n) is 10.4. The molecule has 0 aliphatic heterocycles. The third-order valence-corrected chi connectivity index (χ3v) is 3.95. The highest BCUT2D eigenvalue weighted by Crippen LogP contribution is 2.09. The molecule has 5 heteroatoms. The third-order valence-electron chi connectivity index (χ3n) is 2.50. The van der Waals surface area contributed by atoms with Gasteiger partial charge >= 0.3 is 0 Å². The maximum Gasteiger partial charge on any atom is 0.211 e. The highest BCUT2D eigenvalue weighted by Gasteiger charge is 2.05. The second-order valence-electron chi connectivity index (χ2n) is 4.03. The van der Waals surface area contributed by atoms with E-state index >= 15 is 0 Å². The Balaban J connectivity index is 2.21. The zero-order valence-corrected chi connectivity index (χ0v) is 11.2. The van der Waals surface area contributed by atoms with Crippen molar-refractivity contribution in [2.45, 2.75) is 19.8 Å². The van der Waals surface area contributed by atoms with Gasteiger partial charge in [0.05, 0.1) is 5.75 Å². The summed E-state index contributed by atoms with van der Waals surface area (Å²) < 4.78 is 24.6. The zero-order chi connectivity index (χ0) is 12.7. The quantitative estimate of drug-likeness (QED) is 0.731. The molecule has 0 saturated carbocycles. The van der Waals surface area contributed by atoms with Crippen LogP contribution in [0.15, 0.2) is 24.3 Å².